The second kappa shape index (κ2) is 10.1. The van der Waals surface area contributed by atoms with E-state index in [2.05, 4.69) is 15.6 Å². The minimum absolute atomic E-state index is 0.0747. The zero-order chi connectivity index (χ0) is 21.5. The molecule has 1 amide bonds. The number of hydrogen-bond donors (Lipinski definition) is 2. The molecule has 1 atom stereocenters. The second-order valence-electron chi connectivity index (χ2n) is 7.27. The van der Waals surface area contributed by atoms with Gasteiger partial charge in [0.15, 0.2) is 11.5 Å². The van der Waals surface area contributed by atoms with Crippen LogP contribution < -0.4 is 20.1 Å². The smallest absolute Gasteiger partial charge is 0.257 e. The minimum Gasteiger partial charge on any atom is -0.493 e. The Labute approximate surface area is 177 Å². The number of carbonyl (C=O) groups excluding carboxylic acids is 1. The van der Waals surface area contributed by atoms with Gasteiger partial charge in [0, 0.05) is 23.9 Å². The Bertz CT molecular complexity index is 921. The van der Waals surface area contributed by atoms with E-state index in [0.717, 1.165) is 36.3 Å². The predicted molar refractivity (Wildman–Crippen MR) is 118 cm³/mol. The average molecular weight is 412 g/mol. The third-order valence-electron chi connectivity index (χ3n) is 5.12. The lowest BCUT2D eigenvalue weighted by atomic mass is 10.1. The summed E-state index contributed by atoms with van der Waals surface area (Å²) in [6, 6.07) is 11.1. The van der Waals surface area contributed by atoms with Crippen LogP contribution in [0.5, 0.6) is 11.5 Å². The van der Waals surface area contributed by atoms with Crippen LogP contribution in [0.15, 0.2) is 41.4 Å². The molecule has 1 aliphatic rings. The first-order valence-electron chi connectivity index (χ1n) is 10.0. The molecule has 160 valence electrons. The number of nitrogens with zero attached hydrogens (tertiary/aromatic N) is 1. The summed E-state index contributed by atoms with van der Waals surface area (Å²) in [7, 11) is 3.17. The molecule has 7 nitrogen and oxygen atoms in total. The summed E-state index contributed by atoms with van der Waals surface area (Å²) in [5, 5.41) is 6.07. The van der Waals surface area contributed by atoms with Crippen LogP contribution in [-0.4, -0.2) is 45.3 Å². The average Bonchev–Trinajstić information content (AvgIpc) is 3.27. The summed E-state index contributed by atoms with van der Waals surface area (Å²) < 4.78 is 16.3. The van der Waals surface area contributed by atoms with Crippen molar-refractivity contribution in [1.82, 2.24) is 5.32 Å². The molecule has 1 saturated heterocycles. The van der Waals surface area contributed by atoms with E-state index in [1.807, 2.05) is 38.1 Å². The molecule has 0 bridgehead atoms. The summed E-state index contributed by atoms with van der Waals surface area (Å²) in [6.07, 6.45) is 2.08. The number of carbonyl (C=O) groups is 1. The molecule has 1 fully saturated rings. The molecule has 30 heavy (non-hydrogen) atoms. The zero-order valence-corrected chi connectivity index (χ0v) is 18.0. The maximum absolute atomic E-state index is 12.8. The van der Waals surface area contributed by atoms with Crippen LogP contribution in [0.4, 0.5) is 5.69 Å². The van der Waals surface area contributed by atoms with Crippen molar-refractivity contribution in [2.75, 3.05) is 32.7 Å². The maximum atomic E-state index is 12.8. The molecule has 2 aromatic carbocycles. The van der Waals surface area contributed by atoms with Crippen molar-refractivity contribution in [3.63, 3.8) is 0 Å². The number of nitrogens with one attached hydrogen (secondary N) is 2. The van der Waals surface area contributed by atoms with Gasteiger partial charge in [-0.1, -0.05) is 6.07 Å². The Hall–Kier alpha value is -3.06. The highest BCUT2D eigenvalue weighted by Crippen LogP contribution is 2.29. The number of ether oxygens (including phenoxy) is 3. The van der Waals surface area contributed by atoms with Crippen LogP contribution in [0.25, 0.3) is 0 Å². The van der Waals surface area contributed by atoms with Crippen molar-refractivity contribution < 1.29 is 19.0 Å². The normalized spacial score (nSPS) is 16.3. The molecule has 1 aliphatic heterocycles. The molecule has 0 saturated carbocycles. The minimum atomic E-state index is -0.225. The molecule has 1 heterocycles. The van der Waals surface area contributed by atoms with Crippen LogP contribution in [0.1, 0.15) is 34.3 Å². The molecule has 2 aromatic rings. The topological polar surface area (TPSA) is 81.2 Å². The molecule has 0 spiro atoms. The van der Waals surface area contributed by atoms with Crippen molar-refractivity contribution in [3.8, 4) is 11.5 Å². The molecular weight excluding hydrogens is 382 g/mol. The quantitative estimate of drug-likeness (QED) is 0.560. The van der Waals surface area contributed by atoms with E-state index < -0.39 is 0 Å². The summed E-state index contributed by atoms with van der Waals surface area (Å²) in [5.74, 6) is 1.35. The van der Waals surface area contributed by atoms with Gasteiger partial charge >= 0.3 is 0 Å². The summed E-state index contributed by atoms with van der Waals surface area (Å²) >= 11 is 0. The molecule has 0 aromatic heterocycles. The standard InChI is InChI=1S/C23H29N3O4/c1-15-7-8-17(12-16(15)2)22(27)26-23(24-14-19-6-5-11-30-19)25-18-9-10-20(28-3)21(13-18)29-4/h7-10,12-13,19H,5-6,11,14H2,1-4H3,(H2,24,25,26,27)/t19-/m0/s1. The van der Waals surface area contributed by atoms with Gasteiger partial charge in [0.05, 0.1) is 26.9 Å². The summed E-state index contributed by atoms with van der Waals surface area (Å²) in [5.41, 5.74) is 3.51. The highest BCUT2D eigenvalue weighted by Gasteiger charge is 2.17. The van der Waals surface area contributed by atoms with Gasteiger partial charge in [0.25, 0.3) is 5.91 Å². The third-order valence-corrected chi connectivity index (χ3v) is 5.12. The highest BCUT2D eigenvalue weighted by molar-refractivity contribution is 6.10. The molecular formula is C23H29N3O4. The number of methoxy groups -OCH3 is 2. The molecule has 2 N–H and O–H groups in total. The lowest BCUT2D eigenvalue weighted by Crippen LogP contribution is -2.36. The van der Waals surface area contributed by atoms with Crippen molar-refractivity contribution >= 4 is 17.6 Å². The van der Waals surface area contributed by atoms with E-state index in [9.17, 15) is 4.79 Å². The Morgan fingerprint density at radius 3 is 2.57 bits per heavy atom. The van der Waals surface area contributed by atoms with Crippen LogP contribution in [0.3, 0.4) is 0 Å². The Kier molecular flexibility index (Phi) is 7.30. The van der Waals surface area contributed by atoms with E-state index in [1.54, 1.807) is 26.4 Å². The first-order valence-corrected chi connectivity index (χ1v) is 10.0. The number of anilines is 1. The van der Waals surface area contributed by atoms with Crippen molar-refractivity contribution in [2.24, 2.45) is 4.99 Å². The molecule has 0 radical (unpaired) electrons. The van der Waals surface area contributed by atoms with Crippen LogP contribution in [-0.2, 0) is 4.74 Å². The molecule has 0 unspecified atom stereocenters. The summed E-state index contributed by atoms with van der Waals surface area (Å²) in [4.78, 5) is 17.4. The number of guanidine groups is 1. The Morgan fingerprint density at radius 2 is 1.90 bits per heavy atom. The number of benzene rings is 2. The fraction of sp³-hybridized carbons (Fsp3) is 0.391. The first-order chi connectivity index (χ1) is 14.5. The Morgan fingerprint density at radius 1 is 1.10 bits per heavy atom. The third kappa shape index (κ3) is 5.51. The lowest BCUT2D eigenvalue weighted by molar-refractivity contribution is 0.0975. The monoisotopic (exact) mass is 411 g/mol. The number of hydrogen-bond acceptors (Lipinski definition) is 5. The van der Waals surface area contributed by atoms with Crippen molar-refractivity contribution in [1.29, 1.82) is 0 Å². The van der Waals surface area contributed by atoms with Crippen LogP contribution in [0, 0.1) is 13.8 Å². The molecule has 7 heteroatoms. The van der Waals surface area contributed by atoms with Gasteiger partial charge in [-0.05, 0) is 62.1 Å². The van der Waals surface area contributed by atoms with Gasteiger partial charge in [0.2, 0.25) is 5.96 Å². The lowest BCUT2D eigenvalue weighted by Gasteiger charge is -2.15. The number of amides is 1. The highest BCUT2D eigenvalue weighted by atomic mass is 16.5. The van der Waals surface area contributed by atoms with Gasteiger partial charge in [-0.25, -0.2) is 4.99 Å². The van der Waals surface area contributed by atoms with E-state index in [0.29, 0.717) is 29.6 Å². The first kappa shape index (κ1) is 21.6. The van der Waals surface area contributed by atoms with Gasteiger partial charge in [-0.15, -0.1) is 0 Å². The number of rotatable bonds is 6. The fourth-order valence-electron chi connectivity index (χ4n) is 3.20. The van der Waals surface area contributed by atoms with E-state index in [4.69, 9.17) is 14.2 Å². The van der Waals surface area contributed by atoms with Crippen molar-refractivity contribution in [3.05, 3.63) is 53.1 Å². The summed E-state index contributed by atoms with van der Waals surface area (Å²) in [6.45, 7) is 5.24. The SMILES string of the molecule is COc1ccc(NC(=NC[C@@H]2CCCO2)NC(=O)c2ccc(C)c(C)c2)cc1OC. The van der Waals surface area contributed by atoms with Gasteiger partial charge in [0.1, 0.15) is 0 Å². The van der Waals surface area contributed by atoms with Crippen molar-refractivity contribution in [2.45, 2.75) is 32.8 Å². The molecule has 3 rings (SSSR count). The predicted octanol–water partition coefficient (Wildman–Crippen LogP) is 3.70. The maximum Gasteiger partial charge on any atom is 0.257 e. The fourth-order valence-corrected chi connectivity index (χ4v) is 3.20. The molecule has 0 aliphatic carbocycles. The van der Waals surface area contributed by atoms with E-state index in [-0.39, 0.29) is 12.0 Å². The van der Waals surface area contributed by atoms with Gasteiger partial charge < -0.3 is 19.5 Å². The van der Waals surface area contributed by atoms with Gasteiger partial charge in [-0.2, -0.15) is 0 Å². The van der Waals surface area contributed by atoms with Gasteiger partial charge in [-0.3, -0.25) is 10.1 Å². The zero-order valence-electron chi connectivity index (χ0n) is 18.0. The van der Waals surface area contributed by atoms with E-state index >= 15 is 0 Å². The largest absolute Gasteiger partial charge is 0.493 e. The second-order valence-corrected chi connectivity index (χ2v) is 7.27. The van der Waals surface area contributed by atoms with Crippen LogP contribution in [0.2, 0.25) is 0 Å². The van der Waals surface area contributed by atoms with Crippen LogP contribution >= 0.6 is 0 Å². The number of aryl methyl sites for hydroxylation is 2. The van der Waals surface area contributed by atoms with E-state index in [1.165, 1.54) is 0 Å². The Balaban J connectivity index is 1.79. The number of aliphatic imine (C=N–C) groups is 1.